The number of carbonyl (C=O) groups excluding carboxylic acids is 3. The fraction of sp³-hybridized carbons (Fsp3) is 0.531. The normalized spacial score (nSPS) is 17.7. The Morgan fingerprint density at radius 2 is 1.87 bits per heavy atom. The van der Waals surface area contributed by atoms with E-state index < -0.39 is 35.5 Å². The monoisotopic (exact) mass is 655 g/mol. The fourth-order valence-corrected chi connectivity index (χ4v) is 5.91. The van der Waals surface area contributed by atoms with Gasteiger partial charge in [-0.05, 0) is 42.7 Å². The first-order valence-electron chi connectivity index (χ1n) is 15.3. The maximum atomic E-state index is 13.8. The van der Waals surface area contributed by atoms with E-state index in [1.165, 1.54) is 11.1 Å². The van der Waals surface area contributed by atoms with Crippen molar-refractivity contribution >= 4 is 47.0 Å². The zero-order valence-electron chi connectivity index (χ0n) is 26.9. The summed E-state index contributed by atoms with van der Waals surface area (Å²) in [6.45, 7) is 8.02. The molecule has 0 spiro atoms. The first-order chi connectivity index (χ1) is 21.8. The molecule has 2 heterocycles. The van der Waals surface area contributed by atoms with E-state index in [0.29, 0.717) is 31.5 Å². The molecule has 0 bridgehead atoms. The molecule has 250 valence electrons. The number of carbonyl (C=O) groups is 4. The van der Waals surface area contributed by atoms with Gasteiger partial charge in [-0.25, -0.2) is 4.98 Å². The van der Waals surface area contributed by atoms with Crippen LogP contribution in [0, 0.1) is 12.3 Å². The van der Waals surface area contributed by atoms with Gasteiger partial charge in [0.25, 0.3) is 0 Å². The van der Waals surface area contributed by atoms with Gasteiger partial charge in [0.1, 0.15) is 12.1 Å². The van der Waals surface area contributed by atoms with Crippen LogP contribution in [0.5, 0.6) is 0 Å². The summed E-state index contributed by atoms with van der Waals surface area (Å²) in [6, 6.07) is 6.05. The number of nitrogens with zero attached hydrogens (tertiary/aromatic N) is 4. The number of aromatic nitrogens is 1. The lowest BCUT2D eigenvalue weighted by Gasteiger charge is -2.35. The molecule has 6 N–H and O–H groups in total. The predicted molar refractivity (Wildman–Crippen MR) is 177 cm³/mol. The average molecular weight is 656 g/mol. The van der Waals surface area contributed by atoms with Crippen molar-refractivity contribution < 1.29 is 29.4 Å². The second kappa shape index (κ2) is 16.9. The van der Waals surface area contributed by atoms with Crippen LogP contribution in [-0.4, -0.2) is 87.0 Å². The number of aliphatic hydroxyl groups excluding tert-OH is 1. The third-order valence-electron chi connectivity index (χ3n) is 7.63. The molecule has 1 aliphatic rings. The molecule has 3 rings (SSSR count). The lowest BCUT2D eigenvalue weighted by Crippen LogP contribution is -2.57. The molecule has 0 saturated carbocycles. The second-order valence-electron chi connectivity index (χ2n) is 12.5. The third kappa shape index (κ3) is 10.7. The smallest absolute Gasteiger partial charge is 0.303 e. The molecule has 2 aromatic rings. The molecule has 13 nitrogen and oxygen atoms in total. The van der Waals surface area contributed by atoms with E-state index in [2.05, 4.69) is 25.7 Å². The van der Waals surface area contributed by atoms with E-state index in [1.807, 2.05) is 52.0 Å². The molecule has 1 saturated heterocycles. The van der Waals surface area contributed by atoms with Crippen molar-refractivity contribution in [2.45, 2.75) is 91.0 Å². The molecule has 0 aliphatic carbocycles. The molecule has 46 heavy (non-hydrogen) atoms. The molecular formula is C32H45N7O6S. The number of aliphatic imine (C=N–C) groups is 1. The molecule has 0 unspecified atom stereocenters. The Morgan fingerprint density at radius 1 is 1.15 bits per heavy atom. The Bertz CT molecular complexity index is 1420. The van der Waals surface area contributed by atoms with E-state index in [9.17, 15) is 24.3 Å². The van der Waals surface area contributed by atoms with Crippen LogP contribution in [0.15, 0.2) is 39.9 Å². The van der Waals surface area contributed by atoms with E-state index in [-0.39, 0.29) is 44.2 Å². The topological polar surface area (TPSA) is 200 Å². The number of hydrogen-bond acceptors (Lipinski definition) is 10. The van der Waals surface area contributed by atoms with Crippen LogP contribution in [0.1, 0.15) is 70.6 Å². The van der Waals surface area contributed by atoms with Crippen LogP contribution in [0.2, 0.25) is 0 Å². The van der Waals surface area contributed by atoms with Crippen molar-refractivity contribution in [3.8, 4) is 10.4 Å². The van der Waals surface area contributed by atoms with Gasteiger partial charge < -0.3 is 31.6 Å². The van der Waals surface area contributed by atoms with Crippen molar-refractivity contribution in [2.75, 3.05) is 13.1 Å². The van der Waals surface area contributed by atoms with Gasteiger partial charge in [0.2, 0.25) is 17.7 Å². The number of hydrazone groups is 1. The summed E-state index contributed by atoms with van der Waals surface area (Å²) in [4.78, 5) is 61.6. The van der Waals surface area contributed by atoms with E-state index >= 15 is 0 Å². The fourth-order valence-electron chi connectivity index (χ4n) is 5.10. The van der Waals surface area contributed by atoms with Crippen LogP contribution in [-0.2, 0) is 25.7 Å². The first-order valence-corrected chi connectivity index (χ1v) is 16.2. The molecule has 0 radical (unpaired) electrons. The largest absolute Gasteiger partial charge is 0.481 e. The number of nitrogens with one attached hydrogen (secondary N) is 2. The highest BCUT2D eigenvalue weighted by Crippen LogP contribution is 2.28. The number of amides is 3. The number of β-amino-alcohol motifs (C(OH)–C–C–N with tert-alkyl or cyclic N) is 1. The number of carboxylic acid groups (broad SMARTS) is 1. The number of rotatable bonds is 15. The molecule has 3 atom stereocenters. The minimum absolute atomic E-state index is 0.00548. The molecule has 1 aromatic heterocycles. The molecule has 1 aromatic carbocycles. The zero-order valence-corrected chi connectivity index (χ0v) is 27.7. The van der Waals surface area contributed by atoms with Gasteiger partial charge in [0.05, 0.1) is 27.9 Å². The summed E-state index contributed by atoms with van der Waals surface area (Å²) < 4.78 is 0. The maximum Gasteiger partial charge on any atom is 0.303 e. The lowest BCUT2D eigenvalue weighted by molar-refractivity contribution is -0.144. The number of benzene rings is 1. The highest BCUT2D eigenvalue weighted by Gasteiger charge is 2.44. The van der Waals surface area contributed by atoms with Crippen LogP contribution in [0.25, 0.3) is 10.4 Å². The van der Waals surface area contributed by atoms with Gasteiger partial charge in [0, 0.05) is 45.1 Å². The highest BCUT2D eigenvalue weighted by molar-refractivity contribution is 7.13. The van der Waals surface area contributed by atoms with Crippen molar-refractivity contribution in [1.82, 2.24) is 20.5 Å². The number of carboxylic acids is 1. The number of aliphatic carboxylic acids is 1. The summed E-state index contributed by atoms with van der Waals surface area (Å²) in [5.74, 6) is 3.31. The van der Waals surface area contributed by atoms with Gasteiger partial charge in [-0.1, -0.05) is 45.0 Å². The van der Waals surface area contributed by atoms with Crippen LogP contribution in [0.3, 0.4) is 0 Å². The summed E-state index contributed by atoms with van der Waals surface area (Å²) in [7, 11) is 0. The van der Waals surface area contributed by atoms with E-state index in [4.69, 9.17) is 10.9 Å². The molecule has 14 heteroatoms. The molecule has 1 aliphatic heterocycles. The number of aliphatic hydroxyl groups is 1. The lowest BCUT2D eigenvalue weighted by atomic mass is 9.85. The average Bonchev–Trinajstić information content (AvgIpc) is 3.62. The standard InChI is InChI=1S/C32H45N7O6S/c1-20-28(46-19-36-20)22-12-10-21(11-13-22)16-35-30(44)25-15-24(40)18-39(25)31(45)29(32(2,3)4)37-26(41)8-6-14-34-17-23(38-33)7-5-9-27(42)43/h10-13,17,19,24-25,29,40H,5-9,14-16,18,33H2,1-4H3,(H,35,44)(H,37,41)(H,42,43)/t24-,25+,29-/m1/s1. The Labute approximate surface area is 273 Å². The number of hydrogen-bond donors (Lipinski definition) is 5. The zero-order chi connectivity index (χ0) is 33.9. The quantitative estimate of drug-likeness (QED) is 0.0834. The van der Waals surface area contributed by atoms with Crippen molar-refractivity contribution in [1.29, 1.82) is 0 Å². The van der Waals surface area contributed by atoms with Crippen LogP contribution in [0.4, 0.5) is 0 Å². The van der Waals surface area contributed by atoms with Crippen LogP contribution >= 0.6 is 11.3 Å². The molecular weight excluding hydrogens is 610 g/mol. The summed E-state index contributed by atoms with van der Waals surface area (Å²) >= 11 is 1.57. The highest BCUT2D eigenvalue weighted by atomic mass is 32.1. The Kier molecular flexibility index (Phi) is 13.4. The Morgan fingerprint density at radius 3 is 2.48 bits per heavy atom. The Hall–Kier alpha value is -4.17. The SMILES string of the molecule is Cc1ncsc1-c1ccc(CNC(=O)[C@@H]2C[C@@H](O)CN2C(=O)[C@@H](NC(=O)CCCN=CC(CCCC(=O)O)=NN)C(C)(C)C)cc1. The third-order valence-corrected chi connectivity index (χ3v) is 8.61. The van der Waals surface area contributed by atoms with Gasteiger partial charge in [0.15, 0.2) is 0 Å². The number of nitrogens with two attached hydrogens (primary N) is 1. The summed E-state index contributed by atoms with van der Waals surface area (Å²) in [5.41, 5.74) is 4.51. The number of thiazole rings is 1. The molecule has 3 amide bonds. The maximum absolute atomic E-state index is 13.8. The van der Waals surface area contributed by atoms with Crippen molar-refractivity contribution in [3.63, 3.8) is 0 Å². The summed E-state index contributed by atoms with van der Waals surface area (Å²) in [5, 5.41) is 28.5. The Balaban J connectivity index is 1.55. The van der Waals surface area contributed by atoms with Gasteiger partial charge in [-0.3, -0.25) is 24.2 Å². The first kappa shape index (κ1) is 36.3. The second-order valence-corrected chi connectivity index (χ2v) is 13.3. The number of likely N-dealkylation sites (tertiary alicyclic amines) is 1. The minimum atomic E-state index is -0.919. The van der Waals surface area contributed by atoms with Crippen molar-refractivity contribution in [3.05, 3.63) is 41.0 Å². The van der Waals surface area contributed by atoms with E-state index in [0.717, 1.165) is 21.7 Å². The predicted octanol–water partition coefficient (Wildman–Crippen LogP) is 2.65. The van der Waals surface area contributed by atoms with Gasteiger partial charge in [-0.15, -0.1) is 11.3 Å². The minimum Gasteiger partial charge on any atom is -0.481 e. The van der Waals surface area contributed by atoms with Crippen LogP contribution < -0.4 is 16.5 Å². The molecule has 1 fully saturated rings. The number of aryl methyl sites for hydroxylation is 1. The summed E-state index contributed by atoms with van der Waals surface area (Å²) in [6.07, 6.45) is 2.01. The van der Waals surface area contributed by atoms with Crippen molar-refractivity contribution in [2.24, 2.45) is 21.4 Å². The van der Waals surface area contributed by atoms with Gasteiger partial charge >= 0.3 is 5.97 Å². The van der Waals surface area contributed by atoms with E-state index in [1.54, 1.807) is 16.8 Å². The van der Waals surface area contributed by atoms with Gasteiger partial charge in [-0.2, -0.15) is 5.10 Å².